The van der Waals surface area contributed by atoms with Crippen LogP contribution in [-0.2, 0) is 0 Å². The second-order valence-electron chi connectivity index (χ2n) is 18.6. The summed E-state index contributed by atoms with van der Waals surface area (Å²) >= 11 is 0. The fourth-order valence-corrected chi connectivity index (χ4v) is 11.4. The maximum Gasteiger partial charge on any atom is 0.165 e. The molecule has 346 valence electrons. The Balaban J connectivity index is 1.05. The van der Waals surface area contributed by atoms with Gasteiger partial charge in [-0.25, -0.2) is 15.0 Å². The SMILES string of the molecule is c1ccc(-c2cnc3c(n2)c2cccc4c5cccc6c7nccnc7n(c(=C(c7ccc(N8c9ccccc9Oc9ccccc98)cc7)c7ccc(N8c9ccccc9Oc9ccccc98)cc7)n3c42)c56)cc1. The molecule has 9 aromatic carbocycles. The Kier molecular flexibility index (Phi) is 8.51. The minimum absolute atomic E-state index is 0.725. The van der Waals surface area contributed by atoms with E-state index in [1.54, 1.807) is 12.4 Å². The van der Waals surface area contributed by atoms with Gasteiger partial charge in [-0.3, -0.25) is 13.8 Å². The third kappa shape index (κ3) is 5.81. The highest BCUT2D eigenvalue weighted by molar-refractivity contribution is 6.22. The van der Waals surface area contributed by atoms with Crippen molar-refractivity contribution in [2.45, 2.75) is 0 Å². The van der Waals surface area contributed by atoms with Crippen molar-refractivity contribution < 1.29 is 9.47 Å². The molecule has 16 rings (SSSR count). The predicted octanol–water partition coefficient (Wildman–Crippen LogP) is 15.2. The summed E-state index contributed by atoms with van der Waals surface area (Å²) < 4.78 is 17.5. The van der Waals surface area contributed by atoms with Crippen LogP contribution in [0.25, 0.3) is 71.7 Å². The molecule has 0 unspecified atom stereocenters. The van der Waals surface area contributed by atoms with Gasteiger partial charge in [0, 0.05) is 56.4 Å². The fraction of sp³-hybridized carbons (Fsp3) is 0. The molecule has 2 aliphatic rings. The van der Waals surface area contributed by atoms with Crippen LogP contribution in [0.4, 0.5) is 34.1 Å². The highest BCUT2D eigenvalue weighted by Gasteiger charge is 2.29. The van der Waals surface area contributed by atoms with E-state index in [4.69, 9.17) is 29.4 Å². The minimum Gasteiger partial charge on any atom is -0.453 e. The van der Waals surface area contributed by atoms with Gasteiger partial charge in [0.1, 0.15) is 16.5 Å². The Morgan fingerprint density at radius 1 is 0.365 bits per heavy atom. The molecule has 0 bridgehead atoms. The molecular weight excluding hydrogens is 913 g/mol. The summed E-state index contributed by atoms with van der Waals surface area (Å²) in [6, 6.07) is 73.9. The molecule has 0 aliphatic carbocycles. The summed E-state index contributed by atoms with van der Waals surface area (Å²) in [5, 5.41) is 4.13. The summed E-state index contributed by atoms with van der Waals surface area (Å²) in [7, 11) is 0. The molecule has 10 heteroatoms. The minimum atomic E-state index is 0.725. The van der Waals surface area contributed by atoms with E-state index in [2.05, 4.69) is 164 Å². The number of hydrogen-bond donors (Lipinski definition) is 0. The average Bonchev–Trinajstić information content (AvgIpc) is 3.94. The maximum absolute atomic E-state index is 6.45. The molecular formula is C64H38N8O2. The largest absolute Gasteiger partial charge is 0.453 e. The van der Waals surface area contributed by atoms with Crippen molar-refractivity contribution in [3.05, 3.63) is 248 Å². The van der Waals surface area contributed by atoms with Gasteiger partial charge in [0.05, 0.1) is 45.7 Å². The Bertz CT molecular complexity index is 4450. The van der Waals surface area contributed by atoms with Crippen LogP contribution in [-0.4, -0.2) is 28.7 Å². The maximum atomic E-state index is 6.45. The van der Waals surface area contributed by atoms with E-state index in [9.17, 15) is 0 Å². The van der Waals surface area contributed by atoms with E-state index in [-0.39, 0.29) is 0 Å². The number of rotatable bonds is 5. The van der Waals surface area contributed by atoms with E-state index in [1.165, 1.54) is 0 Å². The van der Waals surface area contributed by atoms with Crippen LogP contribution in [0.5, 0.6) is 23.0 Å². The second-order valence-corrected chi connectivity index (χ2v) is 18.6. The molecule has 0 saturated carbocycles. The van der Waals surface area contributed by atoms with Gasteiger partial charge in [0.15, 0.2) is 34.3 Å². The molecule has 14 aromatic rings. The number of anilines is 6. The lowest BCUT2D eigenvalue weighted by molar-refractivity contribution is 0.477. The van der Waals surface area contributed by atoms with E-state index < -0.39 is 0 Å². The summed E-state index contributed by atoms with van der Waals surface area (Å²) in [6.45, 7) is 0. The molecule has 0 amide bonds. The molecule has 7 heterocycles. The van der Waals surface area contributed by atoms with E-state index >= 15 is 0 Å². The van der Waals surface area contributed by atoms with Gasteiger partial charge >= 0.3 is 0 Å². The van der Waals surface area contributed by atoms with Crippen LogP contribution in [0, 0.1) is 0 Å². The molecule has 0 atom stereocenters. The lowest BCUT2D eigenvalue weighted by Crippen LogP contribution is -2.25. The summed E-state index contributed by atoms with van der Waals surface area (Å²) in [5.41, 5.74) is 16.5. The van der Waals surface area contributed by atoms with E-state index in [0.717, 1.165) is 145 Å². The Labute approximate surface area is 422 Å². The first-order valence-electron chi connectivity index (χ1n) is 24.6. The van der Waals surface area contributed by atoms with Crippen LogP contribution in [0.3, 0.4) is 0 Å². The molecule has 2 aliphatic heterocycles. The third-order valence-corrected chi connectivity index (χ3v) is 14.6. The molecule has 0 N–H and O–H groups in total. The number of fused-ring (bicyclic) bond motifs is 11. The molecule has 74 heavy (non-hydrogen) atoms. The van der Waals surface area contributed by atoms with Gasteiger partial charge in [-0.2, -0.15) is 0 Å². The van der Waals surface area contributed by atoms with Gasteiger partial charge in [-0.15, -0.1) is 0 Å². The topological polar surface area (TPSA) is 85.3 Å². The lowest BCUT2D eigenvalue weighted by atomic mass is 9.97. The van der Waals surface area contributed by atoms with Crippen molar-refractivity contribution in [1.82, 2.24) is 28.7 Å². The number of hydrogen-bond acceptors (Lipinski definition) is 8. The van der Waals surface area contributed by atoms with Gasteiger partial charge < -0.3 is 19.3 Å². The normalized spacial score (nSPS) is 12.8. The zero-order valence-electron chi connectivity index (χ0n) is 39.3. The molecule has 0 fully saturated rings. The number of para-hydroxylation sites is 10. The first kappa shape index (κ1) is 40.4. The van der Waals surface area contributed by atoms with Crippen molar-refractivity contribution in [3.8, 4) is 34.3 Å². The highest BCUT2D eigenvalue weighted by Crippen LogP contribution is 2.52. The third-order valence-electron chi connectivity index (χ3n) is 14.6. The second kappa shape index (κ2) is 15.6. The van der Waals surface area contributed by atoms with Crippen LogP contribution in [0.2, 0.25) is 0 Å². The average molecular weight is 951 g/mol. The van der Waals surface area contributed by atoms with Crippen LogP contribution < -0.4 is 24.8 Å². The zero-order valence-corrected chi connectivity index (χ0v) is 39.3. The number of benzene rings is 9. The van der Waals surface area contributed by atoms with Crippen molar-refractivity contribution in [2.24, 2.45) is 0 Å². The Morgan fingerprint density at radius 3 is 1.31 bits per heavy atom. The lowest BCUT2D eigenvalue weighted by Gasteiger charge is -2.33. The monoisotopic (exact) mass is 950 g/mol. The Hall–Kier alpha value is -10.3. The number of nitrogens with zero attached hydrogens (tertiary/aromatic N) is 8. The smallest absolute Gasteiger partial charge is 0.165 e. The molecule has 10 nitrogen and oxygen atoms in total. The number of ether oxygens (including phenoxy) is 2. The summed E-state index contributed by atoms with van der Waals surface area (Å²) in [4.78, 5) is 25.7. The standard InChI is InChI=1S/C64H38N8O2/c1-2-14-39(15-3-1)48-38-67-63-59(68-48)47-19-13-17-45-44-16-12-18-46-58-62(66-37-36-65-58)71(60(44)46)64(72(63)61(45)47)57(40-28-32-42(33-29-40)69-49-20-4-8-24-53(49)73-54-25-9-5-21-50(54)69)41-30-34-43(35-31-41)70-51-22-6-10-26-55(51)74-56-27-11-7-23-52(56)70/h1-38H. The van der Waals surface area contributed by atoms with E-state index in [1.807, 2.05) is 72.9 Å². The van der Waals surface area contributed by atoms with Crippen LogP contribution >= 0.6 is 0 Å². The van der Waals surface area contributed by atoms with Crippen molar-refractivity contribution in [3.63, 3.8) is 0 Å². The Morgan fingerprint density at radius 2 is 0.797 bits per heavy atom. The predicted molar refractivity (Wildman–Crippen MR) is 294 cm³/mol. The molecule has 0 radical (unpaired) electrons. The molecule has 0 spiro atoms. The highest BCUT2D eigenvalue weighted by atomic mass is 16.5. The first-order valence-corrected chi connectivity index (χ1v) is 24.6. The van der Waals surface area contributed by atoms with Gasteiger partial charge in [0.2, 0.25) is 0 Å². The zero-order chi connectivity index (χ0) is 48.4. The van der Waals surface area contributed by atoms with Crippen molar-refractivity contribution >= 4 is 94.6 Å². The molecule has 0 saturated heterocycles. The quantitative estimate of drug-likeness (QED) is 0.169. The van der Waals surface area contributed by atoms with Crippen molar-refractivity contribution in [2.75, 3.05) is 9.80 Å². The van der Waals surface area contributed by atoms with Crippen LogP contribution in [0.1, 0.15) is 11.1 Å². The fourth-order valence-electron chi connectivity index (χ4n) is 11.4. The first-order chi connectivity index (χ1) is 36.7. The van der Waals surface area contributed by atoms with Crippen LogP contribution in [0.15, 0.2) is 231 Å². The van der Waals surface area contributed by atoms with Gasteiger partial charge in [-0.1, -0.05) is 140 Å². The number of aromatic nitrogens is 6. The van der Waals surface area contributed by atoms with Gasteiger partial charge in [0.25, 0.3) is 0 Å². The summed E-state index contributed by atoms with van der Waals surface area (Å²) in [5.74, 6) is 3.18. The van der Waals surface area contributed by atoms with Crippen molar-refractivity contribution in [1.29, 1.82) is 0 Å². The van der Waals surface area contributed by atoms with E-state index in [0.29, 0.717) is 0 Å². The molecule has 5 aromatic heterocycles. The van der Waals surface area contributed by atoms with Gasteiger partial charge in [-0.05, 0) is 83.9 Å². The summed E-state index contributed by atoms with van der Waals surface area (Å²) in [6.07, 6.45) is 5.47.